The van der Waals surface area contributed by atoms with Gasteiger partial charge in [0.05, 0.1) is 25.9 Å². The topological polar surface area (TPSA) is 152 Å². The van der Waals surface area contributed by atoms with Gasteiger partial charge in [0.15, 0.2) is 0 Å². The van der Waals surface area contributed by atoms with Crippen molar-refractivity contribution in [3.05, 3.63) is 27.7 Å². The average Bonchev–Trinajstić information content (AvgIpc) is 3.26. The summed E-state index contributed by atoms with van der Waals surface area (Å²) in [6.45, 7) is 42.1. The molecule has 0 aromatic carbocycles. The molecule has 0 radical (unpaired) electrons. The first-order chi connectivity index (χ1) is 28.2. The maximum absolute atomic E-state index is 8.55. The molecule has 0 aliphatic rings. The number of hydrogen-bond acceptors (Lipinski definition) is 10. The fourth-order valence-corrected chi connectivity index (χ4v) is 5.13. The minimum atomic E-state index is -0.293. The van der Waals surface area contributed by atoms with Crippen molar-refractivity contribution in [2.24, 2.45) is 35.0 Å². The molecule has 10 nitrogen and oxygen atoms in total. The molecule has 12 heteroatoms. The molecule has 0 aromatic heterocycles. The van der Waals surface area contributed by atoms with Gasteiger partial charge in [-0.15, -0.1) is 0 Å². The van der Waals surface area contributed by atoms with Crippen molar-refractivity contribution in [3.8, 4) is 0 Å². The van der Waals surface area contributed by atoms with Crippen LogP contribution in [0.25, 0.3) is 0 Å². The van der Waals surface area contributed by atoms with Gasteiger partial charge >= 0.3 is 47.5 Å². The fourth-order valence-electron chi connectivity index (χ4n) is 5.13. The summed E-state index contributed by atoms with van der Waals surface area (Å²) in [5.74, 6) is 2.87. The third-order valence-corrected chi connectivity index (χ3v) is 9.90. The molecule has 0 saturated heterocycles. The predicted molar refractivity (Wildman–Crippen MR) is 241 cm³/mol. The van der Waals surface area contributed by atoms with Crippen LogP contribution in [0, 0.1) is 62.7 Å². The molecule has 6 atom stereocenters. The molecule has 0 aliphatic heterocycles. The molecular formula is C47H102O10Ti2. The molecule has 0 rings (SSSR count). The van der Waals surface area contributed by atoms with E-state index in [-0.39, 0.29) is 37.3 Å². The second-order valence-corrected chi connectivity index (χ2v) is 15.7. The van der Waals surface area contributed by atoms with Gasteiger partial charge in [0.1, 0.15) is 0 Å². The fraction of sp³-hybridized carbons (Fsp3) is 0.915. The summed E-state index contributed by atoms with van der Waals surface area (Å²) in [5, 5.41) is 33.2. The van der Waals surface area contributed by atoms with E-state index in [2.05, 4.69) is 103 Å². The summed E-state index contributed by atoms with van der Waals surface area (Å²) in [6, 6.07) is 0. The van der Waals surface area contributed by atoms with Crippen LogP contribution in [0.4, 0.5) is 0 Å². The SMILES string of the molecule is CCCC(C)(COO)COO.CCCC(OO)C(CC)COO.[CH2-]C(CC)CCCC.[CH2-]C(CC)CCCC.[CH2-]C(CC)CCCC.[CH2-]C(CC)CCCC.[O]=[Ti+2].[O]=[Ti+2]. The van der Waals surface area contributed by atoms with Gasteiger partial charge in [0, 0.05) is 11.3 Å². The van der Waals surface area contributed by atoms with Gasteiger partial charge in [-0.25, -0.2) is 19.6 Å². The second-order valence-electron chi connectivity index (χ2n) is 15.7. The Morgan fingerprint density at radius 3 is 0.932 bits per heavy atom. The van der Waals surface area contributed by atoms with Crippen LogP contribution in [0.15, 0.2) is 0 Å². The van der Waals surface area contributed by atoms with Crippen LogP contribution in [-0.4, -0.2) is 47.0 Å². The van der Waals surface area contributed by atoms with Crippen molar-refractivity contribution in [3.63, 3.8) is 0 Å². The van der Waals surface area contributed by atoms with Crippen LogP contribution < -0.4 is 0 Å². The third kappa shape index (κ3) is 73.4. The Bertz CT molecular complexity index is 583. The van der Waals surface area contributed by atoms with Crippen molar-refractivity contribution >= 4 is 0 Å². The number of rotatable bonds is 29. The van der Waals surface area contributed by atoms with Gasteiger partial charge in [-0.3, -0.25) is 21.0 Å². The Morgan fingerprint density at radius 2 is 0.763 bits per heavy atom. The van der Waals surface area contributed by atoms with Crippen molar-refractivity contribution in [1.29, 1.82) is 0 Å². The predicted octanol–water partition coefficient (Wildman–Crippen LogP) is 15.8. The molecule has 0 bridgehead atoms. The van der Waals surface area contributed by atoms with Crippen LogP contribution in [0.5, 0.6) is 0 Å². The standard InChI is InChI=1S/C8H18O4.4C8H17.C7H16O4.2O.2Ti/c1-3-5-8(12-10)7(4-2)6-11-9;4*1-4-6-7-8(3)5-2;1-3-4-7(2,5-10-8)6-11-9;;;;/h7-10H,3-6H2,1-2H3;4*8H,3-7H2,1-2H3;8-9H,3-6H2,1-2H3;;;;/q;4*-1;;;;2*+2. The summed E-state index contributed by atoms with van der Waals surface area (Å²) < 4.78 is 16.5. The second kappa shape index (κ2) is 70.4. The molecule has 0 amide bonds. The van der Waals surface area contributed by atoms with E-state index in [1.54, 1.807) is 0 Å². The maximum atomic E-state index is 8.55. The summed E-state index contributed by atoms with van der Waals surface area (Å²) in [6.07, 6.45) is 24.9. The molecule has 4 N–H and O–H groups in total. The van der Waals surface area contributed by atoms with Gasteiger partial charge in [0.25, 0.3) is 0 Å². The van der Waals surface area contributed by atoms with E-state index < -0.39 is 0 Å². The van der Waals surface area contributed by atoms with Gasteiger partial charge in [0.2, 0.25) is 0 Å². The Morgan fingerprint density at radius 1 is 0.458 bits per heavy atom. The van der Waals surface area contributed by atoms with Crippen LogP contribution in [-0.2, 0) is 67.0 Å². The van der Waals surface area contributed by atoms with E-state index in [0.29, 0.717) is 23.7 Å². The molecule has 0 spiro atoms. The first kappa shape index (κ1) is 77.0. The molecule has 0 heterocycles. The van der Waals surface area contributed by atoms with Crippen LogP contribution in [0.3, 0.4) is 0 Å². The molecule has 358 valence electrons. The zero-order valence-corrected chi connectivity index (χ0v) is 44.1. The average molecular weight is 923 g/mol. The quantitative estimate of drug-likeness (QED) is 0.0247. The minimum absolute atomic E-state index is 0.0555. The van der Waals surface area contributed by atoms with E-state index in [1.807, 2.05) is 27.7 Å². The molecule has 0 aliphatic carbocycles. The monoisotopic (exact) mass is 923 g/mol. The summed E-state index contributed by atoms with van der Waals surface area (Å²) in [5.41, 5.74) is -0.293. The molecule has 0 aromatic rings. The van der Waals surface area contributed by atoms with E-state index in [0.717, 1.165) is 72.9 Å². The van der Waals surface area contributed by atoms with Gasteiger partial charge in [-0.05, 0) is 19.3 Å². The van der Waals surface area contributed by atoms with E-state index >= 15 is 0 Å². The molecule has 0 fully saturated rings. The molecule has 6 unspecified atom stereocenters. The van der Waals surface area contributed by atoms with E-state index in [9.17, 15) is 0 Å². The summed E-state index contributed by atoms with van der Waals surface area (Å²) in [4.78, 5) is 16.4. The Labute approximate surface area is 392 Å². The number of hydrogen-bond donors (Lipinski definition) is 4. The third-order valence-electron chi connectivity index (χ3n) is 9.90. The van der Waals surface area contributed by atoms with Gasteiger partial charge in [-0.1, -0.05) is 199 Å². The van der Waals surface area contributed by atoms with Crippen LogP contribution in [0.1, 0.15) is 218 Å². The Kier molecular flexibility index (Phi) is 91.8. The Hall–Kier alpha value is 0.709. The van der Waals surface area contributed by atoms with Crippen molar-refractivity contribution in [1.82, 2.24) is 0 Å². The van der Waals surface area contributed by atoms with Crippen LogP contribution in [0.2, 0.25) is 0 Å². The van der Waals surface area contributed by atoms with Crippen molar-refractivity contribution in [2.75, 3.05) is 19.8 Å². The van der Waals surface area contributed by atoms with E-state index in [4.69, 9.17) is 27.7 Å². The van der Waals surface area contributed by atoms with Crippen molar-refractivity contribution in [2.45, 2.75) is 224 Å². The van der Waals surface area contributed by atoms with E-state index in [1.165, 1.54) is 103 Å². The number of unbranched alkanes of at least 4 members (excludes halogenated alkanes) is 4. The molecule has 0 saturated carbocycles. The van der Waals surface area contributed by atoms with Crippen LogP contribution >= 0.6 is 0 Å². The summed E-state index contributed by atoms with van der Waals surface area (Å²) in [7, 11) is 0. The summed E-state index contributed by atoms with van der Waals surface area (Å²) >= 11 is 1.50. The zero-order chi connectivity index (χ0) is 47.8. The zero-order valence-electron chi connectivity index (χ0n) is 41.0. The van der Waals surface area contributed by atoms with Gasteiger partial charge in [-0.2, -0.15) is 23.7 Å². The first-order valence-corrected chi connectivity index (χ1v) is 24.3. The first-order valence-electron chi connectivity index (χ1n) is 23.0. The Balaban J connectivity index is -0.0000000873. The molecule has 59 heavy (non-hydrogen) atoms. The van der Waals surface area contributed by atoms with Gasteiger partial charge < -0.3 is 27.7 Å². The molecular weight excluding hydrogens is 820 g/mol. The van der Waals surface area contributed by atoms with Crippen molar-refractivity contribution < 1.29 is 88.0 Å². The normalized spacial score (nSPS) is 13.2.